The molecule has 0 unspecified atom stereocenters. The predicted octanol–water partition coefficient (Wildman–Crippen LogP) is 1.33. The van der Waals surface area contributed by atoms with Crippen molar-refractivity contribution < 1.29 is 26.4 Å². The van der Waals surface area contributed by atoms with Gasteiger partial charge in [0.15, 0.2) is 0 Å². The summed E-state index contributed by atoms with van der Waals surface area (Å²) in [6.45, 7) is 3.36. The van der Waals surface area contributed by atoms with Crippen LogP contribution in [0, 0.1) is 5.92 Å². The Balaban J connectivity index is 2.61. The summed E-state index contributed by atoms with van der Waals surface area (Å²) in [7, 11) is -2.63. The van der Waals surface area contributed by atoms with E-state index in [1.165, 1.54) is 19.1 Å². The van der Waals surface area contributed by atoms with Crippen LogP contribution < -0.4 is 9.04 Å². The molecular weight excluding hydrogens is 354 g/mol. The molecule has 0 radical (unpaired) electrons. The van der Waals surface area contributed by atoms with E-state index in [9.17, 15) is 21.6 Å². The van der Waals surface area contributed by atoms with Crippen molar-refractivity contribution in [1.29, 1.82) is 0 Å². The smallest absolute Gasteiger partial charge is 0.265 e. The third-order valence-corrected chi connectivity index (χ3v) is 6.30. The Labute approximate surface area is 133 Å². The lowest BCUT2D eigenvalue weighted by Crippen LogP contribution is -2.30. The van der Waals surface area contributed by atoms with E-state index in [1.807, 2.05) is 0 Å². The van der Waals surface area contributed by atoms with Crippen molar-refractivity contribution in [1.82, 2.24) is 0 Å². The molecule has 1 saturated heterocycles. The van der Waals surface area contributed by atoms with Gasteiger partial charge in [0.25, 0.3) is 9.05 Å². The van der Waals surface area contributed by atoms with Gasteiger partial charge in [-0.2, -0.15) is 0 Å². The molecule has 1 fully saturated rings. The Bertz CT molecular complexity index is 818. The van der Waals surface area contributed by atoms with E-state index in [0.717, 1.165) is 6.07 Å². The van der Waals surface area contributed by atoms with E-state index in [-0.39, 0.29) is 28.7 Å². The van der Waals surface area contributed by atoms with Gasteiger partial charge in [-0.1, -0.05) is 6.92 Å². The van der Waals surface area contributed by atoms with Crippen LogP contribution in [0.2, 0.25) is 0 Å². The van der Waals surface area contributed by atoms with Gasteiger partial charge in [-0.15, -0.1) is 0 Å². The Hall–Kier alpha value is -1.32. The van der Waals surface area contributed by atoms with Crippen molar-refractivity contribution in [3.05, 3.63) is 18.2 Å². The zero-order valence-corrected chi connectivity index (χ0v) is 14.2. The molecule has 0 bridgehead atoms. The van der Waals surface area contributed by atoms with Crippen molar-refractivity contribution >= 4 is 41.4 Å². The number of carbonyl (C=O) groups is 1. The fraction of sp³-hybridized carbons (Fsp3) is 0.417. The molecule has 22 heavy (non-hydrogen) atoms. The maximum atomic E-state index is 12.0. The molecule has 1 aromatic carbocycles. The molecule has 7 nitrogen and oxygen atoms in total. The number of halogens is 1. The van der Waals surface area contributed by atoms with Crippen LogP contribution in [0.25, 0.3) is 0 Å². The fourth-order valence-electron chi connectivity index (χ4n) is 2.18. The minimum atomic E-state index is -4.16. The quantitative estimate of drug-likeness (QED) is 0.744. The zero-order valence-electron chi connectivity index (χ0n) is 11.8. The molecule has 0 aromatic heterocycles. The molecule has 0 N–H and O–H groups in total. The van der Waals surface area contributed by atoms with Crippen LogP contribution in [0.4, 0.5) is 5.69 Å². The average Bonchev–Trinajstić information content (AvgIpc) is 2.58. The summed E-state index contributed by atoms with van der Waals surface area (Å²) in [5.74, 6) is -1.62. The molecule has 0 spiro atoms. The molecule has 10 heteroatoms. The Morgan fingerprint density at radius 3 is 2.50 bits per heavy atom. The first-order valence-corrected chi connectivity index (χ1v) is 10.3. The molecule has 1 atom stereocenters. The van der Waals surface area contributed by atoms with Crippen LogP contribution >= 0.6 is 10.7 Å². The van der Waals surface area contributed by atoms with Crippen LogP contribution in [0.5, 0.6) is 5.75 Å². The zero-order chi connectivity index (χ0) is 16.7. The molecule has 1 amide bonds. The Morgan fingerprint density at radius 1 is 1.41 bits per heavy atom. The number of sulfonamides is 1. The summed E-state index contributed by atoms with van der Waals surface area (Å²) >= 11 is 0. The van der Waals surface area contributed by atoms with Gasteiger partial charge in [0, 0.05) is 10.7 Å². The van der Waals surface area contributed by atoms with Crippen LogP contribution in [0.3, 0.4) is 0 Å². The number of hydrogen-bond donors (Lipinski definition) is 0. The summed E-state index contributed by atoms with van der Waals surface area (Å²) in [6, 6.07) is 3.62. The van der Waals surface area contributed by atoms with Crippen molar-refractivity contribution in [2.75, 3.05) is 16.7 Å². The van der Waals surface area contributed by atoms with Gasteiger partial charge >= 0.3 is 0 Å². The van der Waals surface area contributed by atoms with Gasteiger partial charge in [0.05, 0.1) is 24.0 Å². The molecule has 1 aliphatic heterocycles. The van der Waals surface area contributed by atoms with Gasteiger partial charge in [-0.25, -0.2) is 21.1 Å². The average molecular weight is 368 g/mol. The monoisotopic (exact) mass is 367 g/mol. The number of anilines is 1. The summed E-state index contributed by atoms with van der Waals surface area (Å²) < 4.78 is 53.1. The standard InChI is InChI=1S/C12H14ClNO6S2/c1-3-20-10-5-4-9(6-11(10)22(13,18)19)14-12(15)8(2)7-21(14,16)17/h4-6,8H,3,7H2,1-2H3/t8-/m0/s1. The molecular formula is C12H14ClNO6S2. The number of hydrogen-bond acceptors (Lipinski definition) is 6. The molecule has 2 rings (SSSR count). The van der Waals surface area contributed by atoms with Crippen LogP contribution in [0.1, 0.15) is 13.8 Å². The second-order valence-corrected chi connectivity index (χ2v) is 9.18. The minimum absolute atomic E-state index is 0.00153. The molecule has 1 heterocycles. The third kappa shape index (κ3) is 3.06. The van der Waals surface area contributed by atoms with Gasteiger partial charge in [0.2, 0.25) is 15.9 Å². The van der Waals surface area contributed by atoms with Crippen LogP contribution in [0.15, 0.2) is 23.1 Å². The summed E-state index contributed by atoms with van der Waals surface area (Å²) in [5.41, 5.74) is -0.0722. The first-order valence-electron chi connectivity index (χ1n) is 6.36. The maximum absolute atomic E-state index is 12.0. The van der Waals surface area contributed by atoms with E-state index in [4.69, 9.17) is 15.4 Å². The number of amides is 1. The number of carbonyl (C=O) groups excluding carboxylic acids is 1. The highest BCUT2D eigenvalue weighted by atomic mass is 35.7. The van der Waals surface area contributed by atoms with Gasteiger partial charge < -0.3 is 4.74 Å². The SMILES string of the molecule is CCOc1ccc(N2C(=O)[C@@H](C)CS2(=O)=O)cc1S(=O)(=O)Cl. The highest BCUT2D eigenvalue weighted by Gasteiger charge is 2.42. The Morgan fingerprint density at radius 2 is 2.05 bits per heavy atom. The molecule has 122 valence electrons. The first kappa shape index (κ1) is 17.0. The van der Waals surface area contributed by atoms with Crippen LogP contribution in [-0.2, 0) is 23.9 Å². The molecule has 0 aliphatic carbocycles. The summed E-state index contributed by atoms with van der Waals surface area (Å²) in [5, 5.41) is 0. The van der Waals surface area contributed by atoms with E-state index in [2.05, 4.69) is 0 Å². The van der Waals surface area contributed by atoms with Crippen molar-refractivity contribution in [2.24, 2.45) is 5.92 Å². The number of rotatable bonds is 4. The largest absolute Gasteiger partial charge is 0.492 e. The number of benzene rings is 1. The molecule has 1 aromatic rings. The van der Waals surface area contributed by atoms with Crippen molar-refractivity contribution in [2.45, 2.75) is 18.7 Å². The van der Waals surface area contributed by atoms with Gasteiger partial charge in [-0.05, 0) is 25.1 Å². The predicted molar refractivity (Wildman–Crippen MR) is 81.1 cm³/mol. The van der Waals surface area contributed by atoms with Crippen molar-refractivity contribution in [3.63, 3.8) is 0 Å². The lowest BCUT2D eigenvalue weighted by molar-refractivity contribution is -0.119. The van der Waals surface area contributed by atoms with Crippen molar-refractivity contribution in [3.8, 4) is 5.75 Å². The lowest BCUT2D eigenvalue weighted by Gasteiger charge is -2.17. The highest BCUT2D eigenvalue weighted by molar-refractivity contribution is 8.13. The summed E-state index contributed by atoms with van der Waals surface area (Å²) in [6.07, 6.45) is 0. The fourth-order valence-corrected chi connectivity index (χ4v) is 4.98. The second-order valence-electron chi connectivity index (χ2n) is 4.78. The van der Waals surface area contributed by atoms with Gasteiger partial charge in [-0.3, -0.25) is 4.79 Å². The highest BCUT2D eigenvalue weighted by Crippen LogP contribution is 2.35. The Kier molecular flexibility index (Phi) is 4.42. The molecule has 1 aliphatic rings. The van der Waals surface area contributed by atoms with E-state index in [1.54, 1.807) is 6.92 Å². The third-order valence-electron chi connectivity index (χ3n) is 3.08. The second kappa shape index (κ2) is 5.71. The van der Waals surface area contributed by atoms with E-state index < -0.39 is 30.9 Å². The topological polar surface area (TPSA) is 97.8 Å². The number of nitrogens with zero attached hydrogens (tertiary/aromatic N) is 1. The van der Waals surface area contributed by atoms with Gasteiger partial charge in [0.1, 0.15) is 10.6 Å². The maximum Gasteiger partial charge on any atom is 0.265 e. The van der Waals surface area contributed by atoms with Crippen LogP contribution in [-0.4, -0.2) is 35.1 Å². The summed E-state index contributed by atoms with van der Waals surface area (Å²) in [4.78, 5) is 11.6. The van der Waals surface area contributed by atoms with E-state index >= 15 is 0 Å². The normalized spacial score (nSPS) is 21.1. The first-order chi connectivity index (χ1) is 10.1. The van der Waals surface area contributed by atoms with E-state index in [0.29, 0.717) is 4.31 Å². The minimum Gasteiger partial charge on any atom is -0.492 e. The molecule has 0 saturated carbocycles. The lowest BCUT2D eigenvalue weighted by atomic mass is 10.2. The number of ether oxygens (including phenoxy) is 1.